The van der Waals surface area contributed by atoms with Gasteiger partial charge in [0.05, 0.1) is 12.8 Å². The van der Waals surface area contributed by atoms with Crippen molar-refractivity contribution in [3.8, 4) is 11.5 Å². The normalized spacial score (nSPS) is 9.50. The molecule has 0 spiro atoms. The Hall–Kier alpha value is -1.58. The molecule has 0 fully saturated rings. The van der Waals surface area contributed by atoms with Crippen LogP contribution in [0.5, 0.6) is 11.5 Å². The Balaban J connectivity index is 3.25. The van der Waals surface area contributed by atoms with Gasteiger partial charge in [0.2, 0.25) is 0 Å². The van der Waals surface area contributed by atoms with E-state index in [1.54, 1.807) is 6.92 Å². The number of aromatic hydroxyl groups is 1. The number of carbonyl (C=O) groups excluding carboxylic acids is 1. The number of pyridine rings is 1. The zero-order chi connectivity index (χ0) is 9.14. The highest BCUT2D eigenvalue weighted by Gasteiger charge is 2.06. The lowest BCUT2D eigenvalue weighted by molar-refractivity contribution is 0.111. The molecule has 0 aliphatic rings. The van der Waals surface area contributed by atoms with E-state index in [2.05, 4.69) is 4.98 Å². The highest BCUT2D eigenvalue weighted by molar-refractivity contribution is 5.76. The van der Waals surface area contributed by atoms with Crippen LogP contribution in [0.1, 0.15) is 16.2 Å². The molecule has 12 heavy (non-hydrogen) atoms. The molecule has 0 saturated heterocycles. The van der Waals surface area contributed by atoms with Crippen molar-refractivity contribution in [1.29, 1.82) is 0 Å². The van der Waals surface area contributed by atoms with Gasteiger partial charge in [-0.05, 0) is 6.92 Å². The minimum Gasteiger partial charge on any atom is -0.505 e. The second-order valence-corrected chi connectivity index (χ2v) is 2.30. The van der Waals surface area contributed by atoms with Gasteiger partial charge in [0, 0.05) is 6.07 Å². The van der Waals surface area contributed by atoms with Crippen molar-refractivity contribution >= 4 is 6.29 Å². The first-order valence-corrected chi connectivity index (χ1v) is 3.38. The van der Waals surface area contributed by atoms with Gasteiger partial charge in [-0.2, -0.15) is 0 Å². The third-order valence-corrected chi connectivity index (χ3v) is 1.51. The van der Waals surface area contributed by atoms with E-state index in [0.717, 1.165) is 0 Å². The van der Waals surface area contributed by atoms with E-state index in [1.165, 1.54) is 13.2 Å². The van der Waals surface area contributed by atoms with E-state index in [-0.39, 0.29) is 11.4 Å². The molecule has 0 saturated carbocycles. The summed E-state index contributed by atoms with van der Waals surface area (Å²) in [5.41, 5.74) is 0.616. The number of carbonyl (C=O) groups is 1. The van der Waals surface area contributed by atoms with Gasteiger partial charge < -0.3 is 9.84 Å². The van der Waals surface area contributed by atoms with Crippen molar-refractivity contribution in [3.05, 3.63) is 17.5 Å². The summed E-state index contributed by atoms with van der Waals surface area (Å²) in [6, 6.07) is 1.37. The average molecular weight is 167 g/mol. The Bertz CT molecular complexity index is 309. The van der Waals surface area contributed by atoms with E-state index in [1.807, 2.05) is 0 Å². The quantitative estimate of drug-likeness (QED) is 0.665. The van der Waals surface area contributed by atoms with E-state index in [9.17, 15) is 9.90 Å². The minimum atomic E-state index is -0.160. The summed E-state index contributed by atoms with van der Waals surface area (Å²) in [5.74, 6) is 0.311. The first-order chi connectivity index (χ1) is 5.69. The van der Waals surface area contributed by atoms with E-state index in [4.69, 9.17) is 4.74 Å². The Morgan fingerprint density at radius 1 is 1.67 bits per heavy atom. The van der Waals surface area contributed by atoms with Crippen LogP contribution in [0.15, 0.2) is 6.07 Å². The van der Waals surface area contributed by atoms with Crippen LogP contribution in [0.25, 0.3) is 0 Å². The molecule has 1 aromatic heterocycles. The Morgan fingerprint density at radius 3 is 2.83 bits per heavy atom. The molecule has 4 nitrogen and oxygen atoms in total. The molecule has 1 aromatic rings. The van der Waals surface area contributed by atoms with Crippen LogP contribution in [0, 0.1) is 6.92 Å². The zero-order valence-electron chi connectivity index (χ0n) is 6.87. The molecule has 0 amide bonds. The topological polar surface area (TPSA) is 59.4 Å². The molecule has 0 aromatic carbocycles. The number of aromatic nitrogens is 1. The minimum absolute atomic E-state index is 0.0355. The maximum atomic E-state index is 10.3. The van der Waals surface area contributed by atoms with Gasteiger partial charge >= 0.3 is 0 Å². The smallest absolute Gasteiger partial charge is 0.172 e. The number of nitrogens with zero attached hydrogens (tertiary/aromatic N) is 1. The Morgan fingerprint density at radius 2 is 2.33 bits per heavy atom. The number of hydrogen-bond acceptors (Lipinski definition) is 4. The molecule has 1 N–H and O–H groups in total. The average Bonchev–Trinajstić information content (AvgIpc) is 2.08. The largest absolute Gasteiger partial charge is 0.505 e. The van der Waals surface area contributed by atoms with E-state index in [0.29, 0.717) is 17.7 Å². The van der Waals surface area contributed by atoms with Crippen LogP contribution in [-0.4, -0.2) is 23.5 Å². The lowest BCUT2D eigenvalue weighted by atomic mass is 10.3. The van der Waals surface area contributed by atoms with Crippen LogP contribution in [-0.2, 0) is 0 Å². The number of rotatable bonds is 2. The second kappa shape index (κ2) is 3.21. The maximum absolute atomic E-state index is 10.3. The van der Waals surface area contributed by atoms with Crippen LogP contribution in [0.2, 0.25) is 0 Å². The van der Waals surface area contributed by atoms with Gasteiger partial charge in [-0.25, -0.2) is 4.98 Å². The fourth-order valence-electron chi connectivity index (χ4n) is 0.889. The number of aryl methyl sites for hydroxylation is 1. The lowest BCUT2D eigenvalue weighted by Gasteiger charge is -2.04. The molecule has 64 valence electrons. The molecule has 1 rings (SSSR count). The van der Waals surface area contributed by atoms with E-state index < -0.39 is 0 Å². The van der Waals surface area contributed by atoms with Crippen LogP contribution in [0.4, 0.5) is 0 Å². The zero-order valence-corrected chi connectivity index (χ0v) is 6.87. The maximum Gasteiger partial charge on any atom is 0.172 e. The summed E-state index contributed by atoms with van der Waals surface area (Å²) in [4.78, 5) is 14.1. The molecule has 0 unspecified atom stereocenters. The molecule has 0 atom stereocenters. The highest BCUT2D eigenvalue weighted by atomic mass is 16.5. The number of aldehydes is 1. The molecule has 1 heterocycles. The van der Waals surface area contributed by atoms with Gasteiger partial charge in [0.1, 0.15) is 17.2 Å². The number of hydrogen-bond donors (Lipinski definition) is 1. The summed E-state index contributed by atoms with van der Waals surface area (Å²) in [7, 11) is 1.48. The summed E-state index contributed by atoms with van der Waals surface area (Å²) in [6.45, 7) is 1.70. The van der Waals surface area contributed by atoms with Gasteiger partial charge in [0.15, 0.2) is 6.29 Å². The lowest BCUT2D eigenvalue weighted by Crippen LogP contribution is -1.95. The SMILES string of the molecule is COc1cc(O)c(C=O)nc1C. The number of ether oxygens (including phenoxy) is 1. The molecule has 0 radical (unpaired) electrons. The van der Waals surface area contributed by atoms with Gasteiger partial charge in [0.25, 0.3) is 0 Å². The summed E-state index contributed by atoms with van der Waals surface area (Å²) >= 11 is 0. The van der Waals surface area contributed by atoms with E-state index >= 15 is 0 Å². The van der Waals surface area contributed by atoms with Gasteiger partial charge in [-0.15, -0.1) is 0 Å². The summed E-state index contributed by atoms with van der Waals surface area (Å²) in [5, 5.41) is 9.17. The Labute approximate surface area is 69.8 Å². The van der Waals surface area contributed by atoms with Crippen molar-refractivity contribution in [1.82, 2.24) is 4.98 Å². The third kappa shape index (κ3) is 1.37. The number of methoxy groups -OCH3 is 1. The summed E-state index contributed by atoms with van der Waals surface area (Å²) in [6.07, 6.45) is 0.502. The van der Waals surface area contributed by atoms with Crippen LogP contribution >= 0.6 is 0 Å². The fraction of sp³-hybridized carbons (Fsp3) is 0.250. The molecule has 0 aliphatic carbocycles. The Kier molecular flexibility index (Phi) is 2.28. The third-order valence-electron chi connectivity index (χ3n) is 1.51. The van der Waals surface area contributed by atoms with Crippen molar-refractivity contribution in [3.63, 3.8) is 0 Å². The predicted molar refractivity (Wildman–Crippen MR) is 42.6 cm³/mol. The second-order valence-electron chi connectivity index (χ2n) is 2.30. The first kappa shape index (κ1) is 8.52. The van der Waals surface area contributed by atoms with Crippen LogP contribution in [0.3, 0.4) is 0 Å². The molecule has 0 bridgehead atoms. The molecule has 4 heteroatoms. The molecular weight excluding hydrogens is 158 g/mol. The van der Waals surface area contributed by atoms with Crippen molar-refractivity contribution in [2.24, 2.45) is 0 Å². The highest BCUT2D eigenvalue weighted by Crippen LogP contribution is 2.23. The van der Waals surface area contributed by atoms with Crippen molar-refractivity contribution in [2.45, 2.75) is 6.92 Å². The predicted octanol–water partition coefficient (Wildman–Crippen LogP) is 0.917. The van der Waals surface area contributed by atoms with Crippen molar-refractivity contribution < 1.29 is 14.6 Å². The van der Waals surface area contributed by atoms with Crippen molar-refractivity contribution in [2.75, 3.05) is 7.11 Å². The fourth-order valence-corrected chi connectivity index (χ4v) is 0.889. The van der Waals surface area contributed by atoms with Crippen LogP contribution < -0.4 is 4.74 Å². The molecule has 0 aliphatic heterocycles. The monoisotopic (exact) mass is 167 g/mol. The van der Waals surface area contributed by atoms with Gasteiger partial charge in [-0.1, -0.05) is 0 Å². The first-order valence-electron chi connectivity index (χ1n) is 3.38. The molecular formula is C8H9NO3. The summed E-state index contributed by atoms with van der Waals surface area (Å²) < 4.78 is 4.89. The van der Waals surface area contributed by atoms with Gasteiger partial charge in [-0.3, -0.25) is 4.79 Å². The standard InChI is InChI=1S/C8H9NO3/c1-5-8(12-2)3-7(11)6(4-10)9-5/h3-4,11H,1-2H3.